The van der Waals surface area contributed by atoms with E-state index in [1.807, 2.05) is 0 Å². The summed E-state index contributed by atoms with van der Waals surface area (Å²) in [6.07, 6.45) is 3.96. The molecule has 2 rings (SSSR count). The van der Waals surface area contributed by atoms with E-state index in [-0.39, 0.29) is 6.04 Å². The highest BCUT2D eigenvalue weighted by Gasteiger charge is 2.35. The molecular formula is C13H26ClN3O2S. The maximum Gasteiger partial charge on any atom is 0.282 e. The van der Waals surface area contributed by atoms with Crippen molar-refractivity contribution in [3.05, 3.63) is 0 Å². The molecule has 2 heterocycles. The fraction of sp³-hybridized carbons (Fsp3) is 1.00. The molecule has 2 aliphatic rings. The summed E-state index contributed by atoms with van der Waals surface area (Å²) in [5, 5.41) is 0. The summed E-state index contributed by atoms with van der Waals surface area (Å²) in [6.45, 7) is 3.26. The Hall–Kier alpha value is 0.120. The number of halogens is 1. The molecule has 2 aliphatic heterocycles. The van der Waals surface area contributed by atoms with Crippen LogP contribution in [0.3, 0.4) is 0 Å². The van der Waals surface area contributed by atoms with E-state index in [0.29, 0.717) is 24.9 Å². The van der Waals surface area contributed by atoms with Gasteiger partial charge in [0, 0.05) is 38.6 Å². The van der Waals surface area contributed by atoms with Crippen LogP contribution in [-0.2, 0) is 10.2 Å². The molecule has 0 aliphatic carbocycles. The van der Waals surface area contributed by atoms with E-state index < -0.39 is 10.2 Å². The molecule has 0 amide bonds. The molecule has 0 N–H and O–H groups in total. The Bertz CT molecular complexity index is 418. The van der Waals surface area contributed by atoms with Crippen LogP contribution in [0.25, 0.3) is 0 Å². The van der Waals surface area contributed by atoms with Gasteiger partial charge in [-0.2, -0.15) is 17.0 Å². The first-order valence-corrected chi connectivity index (χ1v) is 9.36. The average molecular weight is 324 g/mol. The van der Waals surface area contributed by atoms with Gasteiger partial charge in [0.05, 0.1) is 0 Å². The van der Waals surface area contributed by atoms with Crippen molar-refractivity contribution in [1.82, 2.24) is 13.5 Å². The molecule has 2 saturated heterocycles. The lowest BCUT2D eigenvalue weighted by Gasteiger charge is -2.36. The van der Waals surface area contributed by atoms with Crippen molar-refractivity contribution in [3.8, 4) is 0 Å². The highest BCUT2D eigenvalue weighted by atomic mass is 35.5. The highest BCUT2D eigenvalue weighted by Crippen LogP contribution is 2.24. The number of hydrogen-bond donors (Lipinski definition) is 0. The summed E-state index contributed by atoms with van der Waals surface area (Å²) in [5.74, 6) is 0.832. The van der Waals surface area contributed by atoms with E-state index in [4.69, 9.17) is 11.6 Å². The van der Waals surface area contributed by atoms with E-state index in [9.17, 15) is 8.42 Å². The summed E-state index contributed by atoms with van der Waals surface area (Å²) in [7, 11) is 0.423. The second-order valence-electron chi connectivity index (χ2n) is 6.12. The van der Waals surface area contributed by atoms with Gasteiger partial charge in [-0.05, 0) is 38.8 Å². The number of hydrogen-bond acceptors (Lipinski definition) is 3. The minimum Gasteiger partial charge on any atom is -0.306 e. The third-order valence-corrected chi connectivity index (χ3v) is 6.81. The van der Waals surface area contributed by atoms with E-state index in [2.05, 4.69) is 11.9 Å². The topological polar surface area (TPSA) is 43.9 Å². The molecule has 0 aromatic carbocycles. The smallest absolute Gasteiger partial charge is 0.282 e. The van der Waals surface area contributed by atoms with E-state index >= 15 is 0 Å². The van der Waals surface area contributed by atoms with Crippen molar-refractivity contribution >= 4 is 21.8 Å². The Kier molecular flexibility index (Phi) is 5.71. The van der Waals surface area contributed by atoms with Crippen LogP contribution in [-0.4, -0.2) is 74.1 Å². The van der Waals surface area contributed by atoms with Gasteiger partial charge in [-0.25, -0.2) is 0 Å². The molecule has 2 atom stereocenters. The van der Waals surface area contributed by atoms with Gasteiger partial charge in [0.1, 0.15) is 0 Å². The lowest BCUT2D eigenvalue weighted by atomic mass is 10.1. The molecule has 0 saturated carbocycles. The average Bonchev–Trinajstić information content (AvgIpc) is 2.84. The van der Waals surface area contributed by atoms with Crippen LogP contribution in [0.4, 0.5) is 0 Å². The maximum absolute atomic E-state index is 12.7. The number of likely N-dealkylation sites (tertiary alicyclic amines) is 1. The maximum atomic E-state index is 12.7. The molecule has 118 valence electrons. The molecule has 0 aromatic rings. The molecule has 0 aromatic heterocycles. The summed E-state index contributed by atoms with van der Waals surface area (Å²) in [6, 6.07) is -0.0379. The standard InChI is InChI=1S/C13H26ClN3O2S/c1-15-8-6-12(10-15)11-16(2)20(18,19)17-7-4-3-5-13(17)9-14/h12-13H,3-11H2,1-2H3. The van der Waals surface area contributed by atoms with Crippen LogP contribution in [0, 0.1) is 5.92 Å². The lowest BCUT2D eigenvalue weighted by Crippen LogP contribution is -2.51. The quantitative estimate of drug-likeness (QED) is 0.714. The van der Waals surface area contributed by atoms with Crippen molar-refractivity contribution in [1.29, 1.82) is 0 Å². The van der Waals surface area contributed by atoms with Gasteiger partial charge in [0.15, 0.2) is 0 Å². The predicted molar refractivity (Wildman–Crippen MR) is 82.2 cm³/mol. The highest BCUT2D eigenvalue weighted by molar-refractivity contribution is 7.86. The summed E-state index contributed by atoms with van der Waals surface area (Å²) < 4.78 is 28.6. The van der Waals surface area contributed by atoms with Crippen LogP contribution < -0.4 is 0 Å². The summed E-state index contributed by atoms with van der Waals surface area (Å²) >= 11 is 5.94. The summed E-state index contributed by atoms with van der Waals surface area (Å²) in [4.78, 5) is 2.26. The molecule has 2 unspecified atom stereocenters. The SMILES string of the molecule is CN1CCC(CN(C)S(=O)(=O)N2CCCCC2CCl)C1. The Labute approximate surface area is 128 Å². The normalized spacial score (nSPS) is 30.2. The first-order chi connectivity index (χ1) is 9.45. The van der Waals surface area contributed by atoms with E-state index in [1.165, 1.54) is 4.31 Å². The monoisotopic (exact) mass is 323 g/mol. The fourth-order valence-corrected chi connectivity index (χ4v) is 5.32. The Balaban J connectivity index is 2.00. The van der Waals surface area contributed by atoms with Gasteiger partial charge >= 0.3 is 0 Å². The van der Waals surface area contributed by atoms with Crippen LogP contribution in [0.5, 0.6) is 0 Å². The van der Waals surface area contributed by atoms with Crippen molar-refractivity contribution in [2.75, 3.05) is 46.2 Å². The zero-order chi connectivity index (χ0) is 14.8. The Morgan fingerprint density at radius 3 is 2.60 bits per heavy atom. The number of piperidine rings is 1. The van der Waals surface area contributed by atoms with Crippen molar-refractivity contribution in [3.63, 3.8) is 0 Å². The zero-order valence-corrected chi connectivity index (χ0v) is 14.0. The third-order valence-electron chi connectivity index (χ3n) is 4.45. The molecule has 0 radical (unpaired) electrons. The van der Waals surface area contributed by atoms with Gasteiger partial charge in [-0.15, -0.1) is 11.6 Å². The first kappa shape index (κ1) is 16.5. The molecular weight excluding hydrogens is 298 g/mol. The molecule has 0 bridgehead atoms. The molecule has 7 heteroatoms. The lowest BCUT2D eigenvalue weighted by molar-refractivity contribution is 0.246. The largest absolute Gasteiger partial charge is 0.306 e. The molecule has 0 spiro atoms. The van der Waals surface area contributed by atoms with Gasteiger partial charge in [-0.3, -0.25) is 0 Å². The zero-order valence-electron chi connectivity index (χ0n) is 12.5. The van der Waals surface area contributed by atoms with Crippen molar-refractivity contribution < 1.29 is 8.42 Å². The minimum absolute atomic E-state index is 0.0379. The van der Waals surface area contributed by atoms with Gasteiger partial charge < -0.3 is 4.90 Å². The number of alkyl halides is 1. The van der Waals surface area contributed by atoms with Crippen molar-refractivity contribution in [2.24, 2.45) is 5.92 Å². The van der Waals surface area contributed by atoms with Gasteiger partial charge in [0.25, 0.3) is 10.2 Å². The van der Waals surface area contributed by atoms with Crippen LogP contribution >= 0.6 is 11.6 Å². The summed E-state index contributed by atoms with van der Waals surface area (Å²) in [5.41, 5.74) is 0. The van der Waals surface area contributed by atoms with Crippen molar-refractivity contribution in [2.45, 2.75) is 31.7 Å². The van der Waals surface area contributed by atoms with Gasteiger partial charge in [0.2, 0.25) is 0 Å². The van der Waals surface area contributed by atoms with E-state index in [1.54, 1.807) is 11.4 Å². The Morgan fingerprint density at radius 2 is 2.00 bits per heavy atom. The second-order valence-corrected chi connectivity index (χ2v) is 8.42. The van der Waals surface area contributed by atoms with Crippen LogP contribution in [0.15, 0.2) is 0 Å². The molecule has 2 fully saturated rings. The van der Waals surface area contributed by atoms with Gasteiger partial charge in [-0.1, -0.05) is 6.42 Å². The van der Waals surface area contributed by atoms with E-state index in [0.717, 1.165) is 38.8 Å². The fourth-order valence-electron chi connectivity index (χ4n) is 3.24. The molecule has 5 nitrogen and oxygen atoms in total. The Morgan fingerprint density at radius 1 is 1.25 bits per heavy atom. The molecule has 20 heavy (non-hydrogen) atoms. The minimum atomic E-state index is -3.36. The third kappa shape index (κ3) is 3.65. The number of nitrogens with zero attached hydrogens (tertiary/aromatic N) is 3. The first-order valence-electron chi connectivity index (χ1n) is 7.42. The van der Waals surface area contributed by atoms with Crippen LogP contribution in [0.2, 0.25) is 0 Å². The van der Waals surface area contributed by atoms with Crippen LogP contribution in [0.1, 0.15) is 25.7 Å². The second kappa shape index (κ2) is 6.92. The predicted octanol–water partition coefficient (Wildman–Crippen LogP) is 1.21. The number of rotatable bonds is 5.